The van der Waals surface area contributed by atoms with Crippen molar-refractivity contribution in [3.05, 3.63) is 51.1 Å². The minimum atomic E-state index is 0.557. The van der Waals surface area contributed by atoms with Crippen LogP contribution in [-0.2, 0) is 17.8 Å². The predicted molar refractivity (Wildman–Crippen MR) is 85.3 cm³/mol. The first-order chi connectivity index (χ1) is 9.75. The van der Waals surface area contributed by atoms with Gasteiger partial charge >= 0.3 is 0 Å². The van der Waals surface area contributed by atoms with Crippen LogP contribution < -0.4 is 0 Å². The summed E-state index contributed by atoms with van der Waals surface area (Å²) < 4.78 is 6.55. The molecule has 100 valence electrons. The molecule has 4 heteroatoms. The Kier molecular flexibility index (Phi) is 2.95. The Labute approximate surface area is 129 Å². The fraction of sp³-hybridized carbons (Fsp3) is 0.188. The molecule has 0 fully saturated rings. The van der Waals surface area contributed by atoms with Crippen molar-refractivity contribution in [1.82, 2.24) is 4.98 Å². The van der Waals surface area contributed by atoms with E-state index in [9.17, 15) is 0 Å². The molecular weight excluding hydrogens is 338 g/mol. The van der Waals surface area contributed by atoms with Crippen LogP contribution in [0.25, 0.3) is 21.7 Å². The van der Waals surface area contributed by atoms with Crippen molar-refractivity contribution in [2.75, 3.05) is 6.61 Å². The van der Waals surface area contributed by atoms with Gasteiger partial charge in [0, 0.05) is 27.2 Å². The second kappa shape index (κ2) is 4.69. The van der Waals surface area contributed by atoms with Crippen LogP contribution in [0.1, 0.15) is 11.3 Å². The van der Waals surface area contributed by atoms with Crippen LogP contribution in [0.3, 0.4) is 0 Å². The lowest BCUT2D eigenvalue weighted by Gasteiger charge is -2.19. The van der Waals surface area contributed by atoms with E-state index >= 15 is 0 Å². The molecule has 2 heterocycles. The Hall–Kier alpha value is -1.16. The van der Waals surface area contributed by atoms with E-state index in [1.807, 2.05) is 12.1 Å². The molecule has 1 aromatic heterocycles. The van der Waals surface area contributed by atoms with Crippen LogP contribution in [-0.4, -0.2) is 11.6 Å². The Morgan fingerprint density at radius 2 is 1.95 bits per heavy atom. The minimum absolute atomic E-state index is 0.557. The maximum absolute atomic E-state index is 6.59. The molecule has 0 N–H and O–H groups in total. The van der Waals surface area contributed by atoms with Crippen molar-refractivity contribution in [1.29, 1.82) is 0 Å². The summed E-state index contributed by atoms with van der Waals surface area (Å²) in [6.45, 7) is 1.28. The topological polar surface area (TPSA) is 22.1 Å². The highest BCUT2D eigenvalue weighted by Gasteiger charge is 2.19. The number of halogens is 2. The van der Waals surface area contributed by atoms with Gasteiger partial charge in [0.2, 0.25) is 0 Å². The summed E-state index contributed by atoms with van der Waals surface area (Å²) in [5, 5.41) is 4.06. The molecule has 20 heavy (non-hydrogen) atoms. The van der Waals surface area contributed by atoms with E-state index in [1.165, 1.54) is 0 Å². The number of ether oxygens (including phenoxy) is 1. The van der Waals surface area contributed by atoms with Gasteiger partial charge in [0.15, 0.2) is 0 Å². The lowest BCUT2D eigenvalue weighted by atomic mass is 10.0. The van der Waals surface area contributed by atoms with Crippen molar-refractivity contribution >= 4 is 49.2 Å². The molecule has 1 aliphatic heterocycles. The minimum Gasteiger partial charge on any atom is -0.376 e. The number of nitrogens with zero attached hydrogens (tertiary/aromatic N) is 1. The number of rotatable bonds is 0. The highest BCUT2D eigenvalue weighted by atomic mass is 79.9. The zero-order chi connectivity index (χ0) is 13.7. The summed E-state index contributed by atoms with van der Waals surface area (Å²) in [5.74, 6) is 0. The Balaban J connectivity index is 2.20. The summed E-state index contributed by atoms with van der Waals surface area (Å²) in [4.78, 5) is 4.86. The van der Waals surface area contributed by atoms with E-state index in [4.69, 9.17) is 21.3 Å². The average Bonchev–Trinajstić information content (AvgIpc) is 2.49. The molecular formula is C16H11BrClNO. The molecule has 2 nitrogen and oxygen atoms in total. The molecule has 0 saturated heterocycles. The monoisotopic (exact) mass is 347 g/mol. The van der Waals surface area contributed by atoms with Crippen LogP contribution in [0.4, 0.5) is 0 Å². The predicted octanol–water partition coefficient (Wildman–Crippen LogP) is 4.88. The highest BCUT2D eigenvalue weighted by Crippen LogP contribution is 2.37. The van der Waals surface area contributed by atoms with Gasteiger partial charge in [0.05, 0.1) is 29.4 Å². The lowest BCUT2D eigenvalue weighted by Crippen LogP contribution is -2.12. The summed E-state index contributed by atoms with van der Waals surface area (Å²) in [5.41, 5.74) is 3.09. The van der Waals surface area contributed by atoms with E-state index in [0.29, 0.717) is 6.61 Å². The van der Waals surface area contributed by atoms with Gasteiger partial charge in [0.1, 0.15) is 0 Å². The largest absolute Gasteiger partial charge is 0.376 e. The van der Waals surface area contributed by atoms with Crippen molar-refractivity contribution in [2.45, 2.75) is 13.0 Å². The molecule has 0 bridgehead atoms. The van der Waals surface area contributed by atoms with Crippen LogP contribution in [0.5, 0.6) is 0 Å². The number of benzene rings is 2. The molecule has 0 radical (unpaired) electrons. The number of fused-ring (bicyclic) bond motifs is 4. The standard InChI is InChI=1S/C16H11BrClNO/c17-13-7-11-15(18)12-8-20-6-5-14(12)19-16(11)10-4-2-1-3-9(10)13/h1-4,7H,5-6,8H2. The third kappa shape index (κ3) is 1.77. The van der Waals surface area contributed by atoms with Gasteiger partial charge in [0.25, 0.3) is 0 Å². The van der Waals surface area contributed by atoms with Crippen LogP contribution >= 0.6 is 27.5 Å². The van der Waals surface area contributed by atoms with Gasteiger partial charge in [-0.1, -0.05) is 51.8 Å². The van der Waals surface area contributed by atoms with Crippen molar-refractivity contribution in [3.8, 4) is 0 Å². The molecule has 0 atom stereocenters. The van der Waals surface area contributed by atoms with Gasteiger partial charge in [-0.3, -0.25) is 4.98 Å². The Bertz CT molecular complexity index is 847. The van der Waals surface area contributed by atoms with E-state index in [1.54, 1.807) is 0 Å². The SMILES string of the molecule is Clc1c2c(nc3c1cc(Br)c1ccccc13)CCOC2. The van der Waals surface area contributed by atoms with E-state index in [0.717, 1.165) is 55.5 Å². The number of hydrogen-bond donors (Lipinski definition) is 0. The van der Waals surface area contributed by atoms with Gasteiger partial charge in [-0.2, -0.15) is 0 Å². The summed E-state index contributed by atoms with van der Waals surface area (Å²) in [6, 6.07) is 10.3. The van der Waals surface area contributed by atoms with Crippen LogP contribution in [0, 0.1) is 0 Å². The maximum atomic E-state index is 6.59. The molecule has 3 aromatic rings. The first-order valence-electron chi connectivity index (χ1n) is 6.51. The maximum Gasteiger partial charge on any atom is 0.0799 e. The van der Waals surface area contributed by atoms with Crippen LogP contribution in [0.2, 0.25) is 5.02 Å². The summed E-state index contributed by atoms with van der Waals surface area (Å²) >= 11 is 10.2. The number of hydrogen-bond acceptors (Lipinski definition) is 2. The summed E-state index contributed by atoms with van der Waals surface area (Å²) in [6.07, 6.45) is 0.829. The molecule has 0 aliphatic carbocycles. The fourth-order valence-electron chi connectivity index (χ4n) is 2.79. The van der Waals surface area contributed by atoms with Gasteiger partial charge in [-0.15, -0.1) is 0 Å². The molecule has 0 spiro atoms. The van der Waals surface area contributed by atoms with Gasteiger partial charge in [-0.05, 0) is 11.5 Å². The third-order valence-electron chi connectivity index (χ3n) is 3.79. The molecule has 1 aliphatic rings. The molecule has 0 amide bonds. The number of pyridine rings is 1. The average molecular weight is 349 g/mol. The first kappa shape index (κ1) is 12.6. The molecule has 2 aromatic carbocycles. The fourth-order valence-corrected chi connectivity index (χ4v) is 3.67. The summed E-state index contributed by atoms with van der Waals surface area (Å²) in [7, 11) is 0. The molecule has 4 rings (SSSR count). The normalized spacial score (nSPS) is 14.7. The van der Waals surface area contributed by atoms with Crippen molar-refractivity contribution in [2.24, 2.45) is 0 Å². The second-order valence-corrected chi connectivity index (χ2v) is 6.19. The quantitative estimate of drug-likeness (QED) is 0.540. The van der Waals surface area contributed by atoms with Crippen molar-refractivity contribution in [3.63, 3.8) is 0 Å². The van der Waals surface area contributed by atoms with Crippen molar-refractivity contribution < 1.29 is 4.74 Å². The smallest absolute Gasteiger partial charge is 0.0799 e. The number of aromatic nitrogens is 1. The zero-order valence-corrected chi connectivity index (χ0v) is 13.0. The zero-order valence-electron chi connectivity index (χ0n) is 10.6. The van der Waals surface area contributed by atoms with E-state index < -0.39 is 0 Å². The lowest BCUT2D eigenvalue weighted by molar-refractivity contribution is 0.109. The van der Waals surface area contributed by atoms with Gasteiger partial charge in [-0.25, -0.2) is 0 Å². The Morgan fingerprint density at radius 3 is 2.80 bits per heavy atom. The van der Waals surface area contributed by atoms with E-state index in [2.05, 4.69) is 34.1 Å². The first-order valence-corrected chi connectivity index (χ1v) is 7.69. The highest BCUT2D eigenvalue weighted by molar-refractivity contribution is 9.10. The Morgan fingerprint density at radius 1 is 1.15 bits per heavy atom. The second-order valence-electron chi connectivity index (χ2n) is 4.95. The molecule has 0 unspecified atom stereocenters. The van der Waals surface area contributed by atoms with E-state index in [-0.39, 0.29) is 0 Å². The van der Waals surface area contributed by atoms with Gasteiger partial charge < -0.3 is 4.74 Å². The van der Waals surface area contributed by atoms with Crippen LogP contribution in [0.15, 0.2) is 34.8 Å². The third-order valence-corrected chi connectivity index (χ3v) is 4.88. The molecule has 0 saturated carbocycles.